The molecule has 0 aromatic heterocycles. The van der Waals surface area contributed by atoms with E-state index in [0.717, 1.165) is 24.7 Å². The van der Waals surface area contributed by atoms with Gasteiger partial charge in [-0.2, -0.15) is 11.8 Å². The van der Waals surface area contributed by atoms with Crippen molar-refractivity contribution in [1.29, 1.82) is 5.41 Å². The summed E-state index contributed by atoms with van der Waals surface area (Å²) in [4.78, 5) is 2.18. The van der Waals surface area contributed by atoms with E-state index in [-0.39, 0.29) is 0 Å². The minimum atomic E-state index is 0.810. The number of hydrogen-bond donors (Lipinski definition) is 1. The van der Waals surface area contributed by atoms with Crippen LogP contribution in [0.15, 0.2) is 0 Å². The van der Waals surface area contributed by atoms with E-state index in [1.807, 2.05) is 6.26 Å². The van der Waals surface area contributed by atoms with Crippen LogP contribution in [0, 0.1) is 5.41 Å². The summed E-state index contributed by atoms with van der Waals surface area (Å²) < 4.78 is 0. The van der Waals surface area contributed by atoms with E-state index >= 15 is 0 Å². The SMILES string of the molecule is CSCC(=N)N1CCCC1. The lowest BCUT2D eigenvalue weighted by atomic mass is 10.4. The number of thioether (sulfide) groups is 1. The summed E-state index contributed by atoms with van der Waals surface area (Å²) in [6.07, 6.45) is 4.60. The summed E-state index contributed by atoms with van der Waals surface area (Å²) in [6.45, 7) is 2.22. The zero-order valence-corrected chi connectivity index (χ0v) is 7.21. The topological polar surface area (TPSA) is 27.1 Å². The van der Waals surface area contributed by atoms with Gasteiger partial charge < -0.3 is 4.90 Å². The van der Waals surface area contributed by atoms with Gasteiger partial charge in [-0.3, -0.25) is 5.41 Å². The molecule has 1 N–H and O–H groups in total. The molecule has 0 radical (unpaired) electrons. The minimum Gasteiger partial charge on any atom is -0.360 e. The van der Waals surface area contributed by atoms with E-state index < -0.39 is 0 Å². The van der Waals surface area contributed by atoms with Gasteiger partial charge >= 0.3 is 0 Å². The molecule has 1 aliphatic heterocycles. The number of nitrogens with one attached hydrogen (secondary N) is 1. The molecule has 1 fully saturated rings. The van der Waals surface area contributed by atoms with E-state index in [4.69, 9.17) is 5.41 Å². The van der Waals surface area contributed by atoms with Crippen LogP contribution >= 0.6 is 11.8 Å². The van der Waals surface area contributed by atoms with Crippen LogP contribution in [0.3, 0.4) is 0 Å². The number of likely N-dealkylation sites (tertiary alicyclic amines) is 1. The van der Waals surface area contributed by atoms with Crippen molar-refractivity contribution >= 4 is 17.6 Å². The Labute approximate surface area is 66.5 Å². The first-order valence-electron chi connectivity index (χ1n) is 3.66. The summed E-state index contributed by atoms with van der Waals surface area (Å²) in [7, 11) is 0. The van der Waals surface area contributed by atoms with Gasteiger partial charge in [-0.05, 0) is 19.1 Å². The molecular formula is C7H14N2S. The third-order valence-electron chi connectivity index (χ3n) is 1.77. The summed E-state index contributed by atoms with van der Waals surface area (Å²) in [5.41, 5.74) is 0. The maximum atomic E-state index is 7.59. The van der Waals surface area contributed by atoms with Gasteiger partial charge in [0.2, 0.25) is 0 Å². The van der Waals surface area contributed by atoms with Crippen LogP contribution in [0.1, 0.15) is 12.8 Å². The number of nitrogens with zero attached hydrogens (tertiary/aromatic N) is 1. The molecule has 10 heavy (non-hydrogen) atoms. The molecule has 0 aromatic rings. The van der Waals surface area contributed by atoms with Gasteiger partial charge in [-0.1, -0.05) is 0 Å². The molecular weight excluding hydrogens is 144 g/mol. The second kappa shape index (κ2) is 3.86. The van der Waals surface area contributed by atoms with Crippen molar-refractivity contribution < 1.29 is 0 Å². The molecule has 58 valence electrons. The van der Waals surface area contributed by atoms with Gasteiger partial charge in [0.1, 0.15) is 5.84 Å². The van der Waals surface area contributed by atoms with Crippen LogP contribution in [0.25, 0.3) is 0 Å². The molecule has 0 unspecified atom stereocenters. The molecule has 1 rings (SSSR count). The van der Waals surface area contributed by atoms with Crippen LogP contribution in [-0.2, 0) is 0 Å². The molecule has 0 atom stereocenters. The third kappa shape index (κ3) is 1.90. The van der Waals surface area contributed by atoms with Gasteiger partial charge in [0.15, 0.2) is 0 Å². The predicted octanol–water partition coefficient (Wildman–Crippen LogP) is 1.42. The van der Waals surface area contributed by atoms with Gasteiger partial charge in [0, 0.05) is 13.1 Å². The molecule has 3 heteroatoms. The Hall–Kier alpha value is -0.180. The van der Waals surface area contributed by atoms with E-state index in [9.17, 15) is 0 Å². The standard InChI is InChI=1S/C7H14N2S/c1-10-6-7(8)9-4-2-3-5-9/h8H,2-6H2,1H3. The molecule has 0 aromatic carbocycles. The summed E-state index contributed by atoms with van der Waals surface area (Å²) in [5, 5.41) is 7.59. The van der Waals surface area contributed by atoms with Crippen molar-refractivity contribution in [2.75, 3.05) is 25.1 Å². The second-order valence-corrected chi connectivity index (χ2v) is 3.44. The van der Waals surface area contributed by atoms with E-state index in [0.29, 0.717) is 0 Å². The first-order chi connectivity index (χ1) is 4.84. The fourth-order valence-electron chi connectivity index (χ4n) is 1.22. The quantitative estimate of drug-likeness (QED) is 0.486. The van der Waals surface area contributed by atoms with Crippen LogP contribution in [0.4, 0.5) is 0 Å². The van der Waals surface area contributed by atoms with Crippen LogP contribution in [-0.4, -0.2) is 35.8 Å². The molecule has 0 spiro atoms. The van der Waals surface area contributed by atoms with E-state index in [2.05, 4.69) is 4.90 Å². The van der Waals surface area contributed by atoms with Crippen LogP contribution in [0.5, 0.6) is 0 Å². The molecule has 2 nitrogen and oxygen atoms in total. The molecule has 0 saturated carbocycles. The van der Waals surface area contributed by atoms with Crippen LogP contribution < -0.4 is 0 Å². The monoisotopic (exact) mass is 158 g/mol. The summed E-state index contributed by atoms with van der Waals surface area (Å²) in [5.74, 6) is 1.69. The highest BCUT2D eigenvalue weighted by Gasteiger charge is 2.13. The second-order valence-electron chi connectivity index (χ2n) is 2.57. The predicted molar refractivity (Wildman–Crippen MR) is 46.9 cm³/mol. The molecule has 1 saturated heterocycles. The Bertz CT molecular complexity index is 119. The van der Waals surface area contributed by atoms with Crippen molar-refractivity contribution in [2.45, 2.75) is 12.8 Å². The molecule has 0 bridgehead atoms. The van der Waals surface area contributed by atoms with Crippen molar-refractivity contribution in [3.8, 4) is 0 Å². The van der Waals surface area contributed by atoms with Crippen LogP contribution in [0.2, 0.25) is 0 Å². The zero-order chi connectivity index (χ0) is 7.40. The van der Waals surface area contributed by atoms with Crippen molar-refractivity contribution in [3.05, 3.63) is 0 Å². The Balaban J connectivity index is 2.25. The fourth-order valence-corrected chi connectivity index (χ4v) is 1.67. The average Bonchev–Trinajstić information content (AvgIpc) is 2.38. The third-order valence-corrected chi connectivity index (χ3v) is 2.33. The fraction of sp³-hybridized carbons (Fsp3) is 0.857. The lowest BCUT2D eigenvalue weighted by molar-refractivity contribution is 0.514. The zero-order valence-electron chi connectivity index (χ0n) is 6.39. The molecule has 1 heterocycles. The smallest absolute Gasteiger partial charge is 0.106 e. The Morgan fingerprint density at radius 1 is 1.50 bits per heavy atom. The van der Waals surface area contributed by atoms with Gasteiger partial charge in [0.05, 0.1) is 5.75 Å². The number of rotatable bonds is 2. The van der Waals surface area contributed by atoms with Crippen molar-refractivity contribution in [1.82, 2.24) is 4.90 Å². The largest absolute Gasteiger partial charge is 0.360 e. The van der Waals surface area contributed by atoms with E-state index in [1.165, 1.54) is 12.8 Å². The molecule has 0 aliphatic carbocycles. The number of hydrogen-bond acceptors (Lipinski definition) is 2. The lowest BCUT2D eigenvalue weighted by Crippen LogP contribution is -2.28. The minimum absolute atomic E-state index is 0.810. The van der Waals surface area contributed by atoms with Crippen molar-refractivity contribution in [2.24, 2.45) is 0 Å². The Morgan fingerprint density at radius 2 is 2.10 bits per heavy atom. The van der Waals surface area contributed by atoms with Gasteiger partial charge in [0.25, 0.3) is 0 Å². The first kappa shape index (κ1) is 7.92. The maximum absolute atomic E-state index is 7.59. The maximum Gasteiger partial charge on any atom is 0.106 e. The summed E-state index contributed by atoms with van der Waals surface area (Å²) >= 11 is 1.73. The van der Waals surface area contributed by atoms with Crippen molar-refractivity contribution in [3.63, 3.8) is 0 Å². The Kier molecular flexibility index (Phi) is 3.06. The average molecular weight is 158 g/mol. The highest BCUT2D eigenvalue weighted by molar-refractivity contribution is 7.99. The highest BCUT2D eigenvalue weighted by atomic mass is 32.2. The van der Waals surface area contributed by atoms with Gasteiger partial charge in [-0.25, -0.2) is 0 Å². The molecule has 0 amide bonds. The lowest BCUT2D eigenvalue weighted by Gasteiger charge is -2.16. The normalized spacial score (nSPS) is 17.9. The first-order valence-corrected chi connectivity index (χ1v) is 5.05. The van der Waals surface area contributed by atoms with E-state index in [1.54, 1.807) is 11.8 Å². The Morgan fingerprint density at radius 3 is 2.60 bits per heavy atom. The van der Waals surface area contributed by atoms with Gasteiger partial charge in [-0.15, -0.1) is 0 Å². The highest BCUT2D eigenvalue weighted by Crippen LogP contribution is 2.09. The number of amidine groups is 1. The molecule has 1 aliphatic rings. The summed E-state index contributed by atoms with van der Waals surface area (Å²) in [6, 6.07) is 0.